The molecule has 0 aromatic heterocycles. The summed E-state index contributed by atoms with van der Waals surface area (Å²) in [6.45, 7) is 5.89. The average molecular weight is 306 g/mol. The van der Waals surface area contributed by atoms with Crippen molar-refractivity contribution in [1.82, 2.24) is 4.90 Å². The zero-order valence-electron chi connectivity index (χ0n) is 13.7. The van der Waals surface area contributed by atoms with Gasteiger partial charge in [0, 0.05) is 35.4 Å². The maximum absolute atomic E-state index is 12.6. The lowest BCUT2D eigenvalue weighted by Crippen LogP contribution is -2.31. The summed E-state index contributed by atoms with van der Waals surface area (Å²) in [5, 5.41) is 5.27. The van der Waals surface area contributed by atoms with Crippen molar-refractivity contribution in [3.63, 3.8) is 0 Å². The number of nitrogens with zero attached hydrogens (tertiary/aromatic N) is 1. The van der Waals surface area contributed by atoms with Gasteiger partial charge in [-0.25, -0.2) is 0 Å². The highest BCUT2D eigenvalue weighted by atomic mass is 16.1. The molecule has 0 radical (unpaired) electrons. The molecule has 1 aliphatic heterocycles. The van der Waals surface area contributed by atoms with Crippen molar-refractivity contribution in [2.24, 2.45) is 0 Å². The Morgan fingerprint density at radius 2 is 1.91 bits per heavy atom. The van der Waals surface area contributed by atoms with E-state index < -0.39 is 0 Å². The second-order valence-electron chi connectivity index (χ2n) is 5.90. The molecule has 1 heterocycles. The van der Waals surface area contributed by atoms with Gasteiger partial charge in [0.1, 0.15) is 0 Å². The van der Waals surface area contributed by atoms with Crippen LogP contribution >= 0.6 is 0 Å². The van der Waals surface area contributed by atoms with Gasteiger partial charge in [-0.2, -0.15) is 0 Å². The Kier molecular flexibility index (Phi) is 4.47. The molecule has 0 unspecified atom stereocenters. The van der Waals surface area contributed by atoms with Gasteiger partial charge in [0.2, 0.25) is 0 Å². The molecule has 1 N–H and O–H groups in total. The van der Waals surface area contributed by atoms with E-state index in [1.807, 2.05) is 42.5 Å². The lowest BCUT2D eigenvalue weighted by Gasteiger charge is -2.28. The Morgan fingerprint density at radius 3 is 2.74 bits per heavy atom. The molecule has 1 aliphatic rings. The number of amides is 1. The molecular formula is C20H22N2O. The summed E-state index contributed by atoms with van der Waals surface area (Å²) in [4.78, 5) is 14.9. The first-order valence-corrected chi connectivity index (χ1v) is 8.10. The van der Waals surface area contributed by atoms with Crippen LogP contribution in [-0.2, 0) is 4.79 Å². The number of carbonyl (C=O) groups excluding carboxylic acids is 1. The van der Waals surface area contributed by atoms with Gasteiger partial charge >= 0.3 is 0 Å². The molecular weight excluding hydrogens is 284 g/mol. The molecule has 2 aromatic carbocycles. The molecule has 3 heteroatoms. The third kappa shape index (κ3) is 3.29. The smallest absolute Gasteiger partial charge is 0.253 e. The largest absolute Gasteiger partial charge is 0.371 e. The fraction of sp³-hybridized carbons (Fsp3) is 0.250. The van der Waals surface area contributed by atoms with E-state index in [-0.39, 0.29) is 5.91 Å². The van der Waals surface area contributed by atoms with Crippen molar-refractivity contribution in [1.29, 1.82) is 0 Å². The Bertz CT molecular complexity index is 784. The third-order valence-electron chi connectivity index (χ3n) is 4.21. The number of anilines is 1. The van der Waals surface area contributed by atoms with Crippen molar-refractivity contribution in [2.75, 3.05) is 18.4 Å². The molecule has 1 amide bonds. The van der Waals surface area contributed by atoms with Crippen LogP contribution in [0.5, 0.6) is 0 Å². The third-order valence-corrected chi connectivity index (χ3v) is 4.21. The topological polar surface area (TPSA) is 32.3 Å². The van der Waals surface area contributed by atoms with E-state index in [1.165, 1.54) is 5.70 Å². The number of hydrogen-bond donors (Lipinski definition) is 1. The van der Waals surface area contributed by atoms with Gasteiger partial charge < -0.3 is 10.2 Å². The quantitative estimate of drug-likeness (QED) is 0.911. The zero-order valence-corrected chi connectivity index (χ0v) is 13.7. The normalized spacial score (nSPS) is 14.4. The fourth-order valence-electron chi connectivity index (χ4n) is 2.92. The number of allylic oxidation sites excluding steroid dienone is 3. The van der Waals surface area contributed by atoms with E-state index in [2.05, 4.69) is 36.2 Å². The minimum atomic E-state index is -0.0220. The van der Waals surface area contributed by atoms with Crippen molar-refractivity contribution in [2.45, 2.75) is 20.3 Å². The standard InChI is InChI=1S/C20H22N2O/c1-3-13-22-14-17(12-11-15(22)2)20(23)21-19-10-6-8-16-7-4-5-9-18(16)19/h4-12H,3,13-14H2,1-2H3,(H,21,23). The monoisotopic (exact) mass is 306 g/mol. The van der Waals surface area contributed by atoms with Gasteiger partial charge in [0.05, 0.1) is 0 Å². The Labute approximate surface area is 137 Å². The number of nitrogens with one attached hydrogen (secondary N) is 1. The highest BCUT2D eigenvalue weighted by molar-refractivity contribution is 6.09. The van der Waals surface area contributed by atoms with Crippen molar-refractivity contribution >= 4 is 22.4 Å². The molecule has 0 fully saturated rings. The summed E-state index contributed by atoms with van der Waals surface area (Å²) in [6, 6.07) is 14.1. The number of fused-ring (bicyclic) bond motifs is 1. The van der Waals surface area contributed by atoms with E-state index in [9.17, 15) is 4.79 Å². The van der Waals surface area contributed by atoms with Crippen LogP contribution in [0.3, 0.4) is 0 Å². The summed E-state index contributed by atoms with van der Waals surface area (Å²) in [7, 11) is 0. The number of hydrogen-bond acceptors (Lipinski definition) is 2. The first kappa shape index (κ1) is 15.3. The SMILES string of the molecule is CCCN1CC(C(=O)Nc2cccc3ccccc23)=CC=C1C. The van der Waals surface area contributed by atoms with Crippen LogP contribution < -0.4 is 5.32 Å². The second-order valence-corrected chi connectivity index (χ2v) is 5.90. The first-order chi connectivity index (χ1) is 11.2. The van der Waals surface area contributed by atoms with E-state index in [1.54, 1.807) is 0 Å². The van der Waals surface area contributed by atoms with Gasteiger partial charge in [-0.3, -0.25) is 4.79 Å². The summed E-state index contributed by atoms with van der Waals surface area (Å²) < 4.78 is 0. The van der Waals surface area contributed by atoms with Crippen molar-refractivity contribution < 1.29 is 4.79 Å². The maximum Gasteiger partial charge on any atom is 0.253 e. The van der Waals surface area contributed by atoms with E-state index in [4.69, 9.17) is 0 Å². The Balaban J connectivity index is 1.81. The number of rotatable bonds is 4. The molecule has 118 valence electrons. The lowest BCUT2D eigenvalue weighted by atomic mass is 10.1. The molecule has 0 atom stereocenters. The molecule has 0 spiro atoms. The second kappa shape index (κ2) is 6.69. The van der Waals surface area contributed by atoms with Crippen LogP contribution in [-0.4, -0.2) is 23.9 Å². The fourth-order valence-corrected chi connectivity index (χ4v) is 2.92. The molecule has 3 nitrogen and oxygen atoms in total. The van der Waals surface area contributed by atoms with Crippen LogP contribution in [0.4, 0.5) is 5.69 Å². The van der Waals surface area contributed by atoms with Gasteiger partial charge in [0.25, 0.3) is 5.91 Å². The summed E-state index contributed by atoms with van der Waals surface area (Å²) in [6.07, 6.45) is 5.03. The highest BCUT2D eigenvalue weighted by Gasteiger charge is 2.17. The first-order valence-electron chi connectivity index (χ1n) is 8.10. The van der Waals surface area contributed by atoms with Crippen molar-refractivity contribution in [3.8, 4) is 0 Å². The molecule has 0 aliphatic carbocycles. The molecule has 3 rings (SSSR count). The van der Waals surface area contributed by atoms with Gasteiger partial charge in [-0.1, -0.05) is 49.4 Å². The summed E-state index contributed by atoms with van der Waals surface area (Å²) >= 11 is 0. The van der Waals surface area contributed by atoms with E-state index >= 15 is 0 Å². The molecule has 0 saturated heterocycles. The van der Waals surface area contributed by atoms with Crippen LogP contribution in [0, 0.1) is 0 Å². The highest BCUT2D eigenvalue weighted by Crippen LogP contribution is 2.24. The predicted octanol–water partition coefficient (Wildman–Crippen LogP) is 4.33. The van der Waals surface area contributed by atoms with Crippen LogP contribution in [0.2, 0.25) is 0 Å². The zero-order chi connectivity index (χ0) is 16.2. The molecule has 23 heavy (non-hydrogen) atoms. The summed E-state index contributed by atoms with van der Waals surface area (Å²) in [5.74, 6) is -0.0220. The lowest BCUT2D eigenvalue weighted by molar-refractivity contribution is -0.113. The molecule has 0 bridgehead atoms. The van der Waals surface area contributed by atoms with Crippen LogP contribution in [0.15, 0.2) is 65.9 Å². The maximum atomic E-state index is 12.6. The van der Waals surface area contributed by atoms with E-state index in [0.717, 1.165) is 35.0 Å². The Morgan fingerprint density at radius 1 is 1.13 bits per heavy atom. The van der Waals surface area contributed by atoms with Crippen LogP contribution in [0.1, 0.15) is 20.3 Å². The van der Waals surface area contributed by atoms with Crippen molar-refractivity contribution in [3.05, 3.63) is 65.9 Å². The summed E-state index contributed by atoms with van der Waals surface area (Å²) in [5.41, 5.74) is 2.88. The minimum Gasteiger partial charge on any atom is -0.371 e. The van der Waals surface area contributed by atoms with Gasteiger partial charge in [-0.05, 0) is 30.9 Å². The molecule has 0 saturated carbocycles. The van der Waals surface area contributed by atoms with E-state index in [0.29, 0.717) is 6.54 Å². The average Bonchev–Trinajstić information content (AvgIpc) is 2.57. The number of benzene rings is 2. The van der Waals surface area contributed by atoms with Crippen LogP contribution in [0.25, 0.3) is 10.8 Å². The minimum absolute atomic E-state index is 0.0220. The number of carbonyl (C=O) groups is 1. The van der Waals surface area contributed by atoms with Gasteiger partial charge in [-0.15, -0.1) is 0 Å². The Hall–Kier alpha value is -2.55. The van der Waals surface area contributed by atoms with Gasteiger partial charge in [0.15, 0.2) is 0 Å². The predicted molar refractivity (Wildman–Crippen MR) is 96.3 cm³/mol. The molecule has 2 aromatic rings.